The topological polar surface area (TPSA) is 58.6 Å². The molecular weight excluding hydrogens is 468 g/mol. The van der Waals surface area contributed by atoms with Gasteiger partial charge in [0.1, 0.15) is 5.75 Å². The maximum absolute atomic E-state index is 13.5. The minimum Gasteiger partial charge on any atom is -0.496 e. The number of ether oxygens (including phenoxy) is 1. The molecule has 0 saturated heterocycles. The molecule has 0 radical (unpaired) electrons. The van der Waals surface area contributed by atoms with Gasteiger partial charge in [0.25, 0.3) is 5.91 Å². The van der Waals surface area contributed by atoms with E-state index in [1.165, 1.54) is 6.92 Å². The van der Waals surface area contributed by atoms with E-state index in [-0.39, 0.29) is 11.8 Å². The summed E-state index contributed by atoms with van der Waals surface area (Å²) in [5.74, 6) is 0.463. The number of amides is 2. The number of hydrogen-bond acceptors (Lipinski definition) is 3. The highest BCUT2D eigenvalue weighted by molar-refractivity contribution is 9.10. The molecule has 0 bridgehead atoms. The van der Waals surface area contributed by atoms with Crippen LogP contribution in [0, 0.1) is 0 Å². The number of carbonyl (C=O) groups excluding carboxylic acids is 2. The van der Waals surface area contributed by atoms with Gasteiger partial charge in [-0.1, -0.05) is 36.4 Å². The van der Waals surface area contributed by atoms with Gasteiger partial charge in [0.2, 0.25) is 5.91 Å². The molecule has 0 saturated carbocycles. The van der Waals surface area contributed by atoms with Crippen LogP contribution in [0.5, 0.6) is 5.75 Å². The molecule has 0 atom stereocenters. The zero-order valence-corrected chi connectivity index (χ0v) is 19.2. The number of halogens is 1. The van der Waals surface area contributed by atoms with Gasteiger partial charge in [0.15, 0.2) is 0 Å². The van der Waals surface area contributed by atoms with Gasteiger partial charge in [0, 0.05) is 23.9 Å². The van der Waals surface area contributed by atoms with Crippen molar-refractivity contribution in [1.29, 1.82) is 0 Å². The van der Waals surface area contributed by atoms with E-state index < -0.39 is 0 Å². The number of benzene rings is 3. The second kappa shape index (κ2) is 9.24. The highest BCUT2D eigenvalue weighted by atomic mass is 79.9. The van der Waals surface area contributed by atoms with E-state index in [2.05, 4.69) is 21.2 Å². The normalized spacial score (nSPS) is 14.5. The number of rotatable bonds is 5. The van der Waals surface area contributed by atoms with Crippen LogP contribution in [0.25, 0.3) is 11.8 Å². The molecule has 1 heterocycles. The van der Waals surface area contributed by atoms with Crippen molar-refractivity contribution < 1.29 is 14.3 Å². The van der Waals surface area contributed by atoms with Gasteiger partial charge >= 0.3 is 0 Å². The summed E-state index contributed by atoms with van der Waals surface area (Å²) >= 11 is 3.50. The van der Waals surface area contributed by atoms with Crippen LogP contribution in [0.3, 0.4) is 0 Å². The average Bonchev–Trinajstić information content (AvgIpc) is 3.11. The van der Waals surface area contributed by atoms with Gasteiger partial charge in [-0.25, -0.2) is 0 Å². The van der Waals surface area contributed by atoms with Gasteiger partial charge in [-0.3, -0.25) is 14.5 Å². The molecule has 5 nitrogen and oxygen atoms in total. The molecule has 1 aliphatic rings. The fourth-order valence-corrected chi connectivity index (χ4v) is 4.10. The number of carbonyl (C=O) groups is 2. The lowest BCUT2D eigenvalue weighted by Crippen LogP contribution is -2.25. The first-order chi connectivity index (χ1) is 15.5. The summed E-state index contributed by atoms with van der Waals surface area (Å²) in [4.78, 5) is 26.5. The van der Waals surface area contributed by atoms with Crippen molar-refractivity contribution in [3.05, 3.63) is 100 Å². The molecule has 32 heavy (non-hydrogen) atoms. The summed E-state index contributed by atoms with van der Waals surface area (Å²) in [6.45, 7) is 1.46. The molecule has 2 amide bonds. The van der Waals surface area contributed by atoms with Crippen molar-refractivity contribution in [2.24, 2.45) is 0 Å². The molecule has 3 aromatic carbocycles. The largest absolute Gasteiger partial charge is 0.496 e. The Morgan fingerprint density at radius 2 is 1.75 bits per heavy atom. The van der Waals surface area contributed by atoms with Crippen molar-refractivity contribution in [2.75, 3.05) is 17.3 Å². The maximum atomic E-state index is 13.5. The van der Waals surface area contributed by atoms with E-state index in [0.717, 1.165) is 32.7 Å². The SMILES string of the molecule is COc1ccc(/C=C2/C=C(c3ccccc3)N(c3ccc(NC(C)=O)cc3)C2=O)cc1Br. The smallest absolute Gasteiger partial charge is 0.262 e. The predicted octanol–water partition coefficient (Wildman–Crippen LogP) is 5.89. The second-order valence-corrected chi connectivity index (χ2v) is 8.11. The Kier molecular flexibility index (Phi) is 6.23. The molecule has 6 heteroatoms. The number of methoxy groups -OCH3 is 1. The number of hydrogen-bond donors (Lipinski definition) is 1. The summed E-state index contributed by atoms with van der Waals surface area (Å²) in [5.41, 5.74) is 4.59. The van der Waals surface area contributed by atoms with Crippen molar-refractivity contribution >= 4 is 50.9 Å². The number of nitrogens with one attached hydrogen (secondary N) is 1. The third kappa shape index (κ3) is 4.50. The number of nitrogens with zero attached hydrogens (tertiary/aromatic N) is 1. The highest BCUT2D eigenvalue weighted by Crippen LogP contribution is 2.36. The lowest BCUT2D eigenvalue weighted by atomic mass is 10.1. The molecule has 1 N–H and O–H groups in total. The van der Waals surface area contributed by atoms with Crippen molar-refractivity contribution in [1.82, 2.24) is 0 Å². The minimum atomic E-state index is -0.143. The molecule has 0 fully saturated rings. The van der Waals surface area contributed by atoms with Gasteiger partial charge in [-0.2, -0.15) is 0 Å². The Balaban J connectivity index is 1.75. The van der Waals surface area contributed by atoms with Crippen LogP contribution in [0.15, 0.2) is 88.9 Å². The van der Waals surface area contributed by atoms with E-state index in [9.17, 15) is 9.59 Å². The highest BCUT2D eigenvalue weighted by Gasteiger charge is 2.30. The van der Waals surface area contributed by atoms with Crippen LogP contribution >= 0.6 is 15.9 Å². The monoisotopic (exact) mass is 488 g/mol. The van der Waals surface area contributed by atoms with E-state index in [4.69, 9.17) is 4.74 Å². The zero-order chi connectivity index (χ0) is 22.7. The Morgan fingerprint density at radius 1 is 1.03 bits per heavy atom. The van der Waals surface area contributed by atoms with E-state index in [0.29, 0.717) is 11.3 Å². The standard InChI is InChI=1S/C26H21BrN2O3/c1-17(30)28-21-9-11-22(12-10-21)29-24(19-6-4-3-5-7-19)16-20(26(29)31)14-18-8-13-25(32-2)23(27)15-18/h3-16H,1-2H3,(H,28,30)/b20-14-. The molecule has 0 aliphatic carbocycles. The lowest BCUT2D eigenvalue weighted by molar-refractivity contribution is -0.114. The summed E-state index contributed by atoms with van der Waals surface area (Å²) in [7, 11) is 1.61. The van der Waals surface area contributed by atoms with Crippen LogP contribution in [-0.2, 0) is 9.59 Å². The first-order valence-corrected chi connectivity index (χ1v) is 10.8. The van der Waals surface area contributed by atoms with Crippen LogP contribution in [-0.4, -0.2) is 18.9 Å². The predicted molar refractivity (Wildman–Crippen MR) is 131 cm³/mol. The fourth-order valence-electron chi connectivity index (χ4n) is 3.54. The zero-order valence-electron chi connectivity index (χ0n) is 17.6. The van der Waals surface area contributed by atoms with Crippen LogP contribution < -0.4 is 15.0 Å². The second-order valence-electron chi connectivity index (χ2n) is 7.26. The van der Waals surface area contributed by atoms with Gasteiger partial charge in [-0.15, -0.1) is 0 Å². The summed E-state index contributed by atoms with van der Waals surface area (Å²) in [5, 5.41) is 2.75. The van der Waals surface area contributed by atoms with Crippen LogP contribution in [0.4, 0.5) is 11.4 Å². The van der Waals surface area contributed by atoms with Crippen molar-refractivity contribution in [3.63, 3.8) is 0 Å². The van der Waals surface area contributed by atoms with Crippen LogP contribution in [0.2, 0.25) is 0 Å². The Hall–Kier alpha value is -3.64. The average molecular weight is 489 g/mol. The third-order valence-electron chi connectivity index (χ3n) is 5.00. The van der Waals surface area contributed by atoms with Gasteiger partial charge in [-0.05, 0) is 75.6 Å². The molecule has 0 spiro atoms. The van der Waals surface area contributed by atoms with Crippen LogP contribution in [0.1, 0.15) is 18.1 Å². The maximum Gasteiger partial charge on any atom is 0.262 e. The lowest BCUT2D eigenvalue weighted by Gasteiger charge is -2.21. The Labute approximate surface area is 195 Å². The first kappa shape index (κ1) is 21.6. The van der Waals surface area contributed by atoms with E-state index in [1.54, 1.807) is 24.1 Å². The van der Waals surface area contributed by atoms with Crippen molar-refractivity contribution in [2.45, 2.75) is 6.92 Å². The molecule has 4 rings (SSSR count). The molecule has 0 unspecified atom stereocenters. The summed E-state index contributed by atoms with van der Waals surface area (Å²) in [6.07, 6.45) is 3.76. The van der Waals surface area contributed by atoms with E-state index >= 15 is 0 Å². The van der Waals surface area contributed by atoms with Crippen molar-refractivity contribution in [3.8, 4) is 5.75 Å². The Morgan fingerprint density at radius 3 is 2.38 bits per heavy atom. The molecular formula is C26H21BrN2O3. The van der Waals surface area contributed by atoms with Gasteiger partial charge in [0.05, 0.1) is 17.3 Å². The fraction of sp³-hybridized carbons (Fsp3) is 0.0769. The summed E-state index contributed by atoms with van der Waals surface area (Å²) < 4.78 is 6.11. The number of anilines is 2. The quantitative estimate of drug-likeness (QED) is 0.455. The van der Waals surface area contributed by atoms with E-state index in [1.807, 2.05) is 72.8 Å². The molecule has 0 aromatic heterocycles. The molecule has 1 aliphatic heterocycles. The Bertz CT molecular complexity index is 1230. The summed E-state index contributed by atoms with van der Waals surface area (Å²) in [6, 6.07) is 22.7. The molecule has 160 valence electrons. The molecule has 3 aromatic rings. The first-order valence-electron chi connectivity index (χ1n) is 10.0. The third-order valence-corrected chi connectivity index (χ3v) is 5.62. The minimum absolute atomic E-state index is 0.122. The van der Waals surface area contributed by atoms with Gasteiger partial charge < -0.3 is 10.1 Å².